The van der Waals surface area contributed by atoms with Crippen molar-refractivity contribution in [3.63, 3.8) is 0 Å². The van der Waals surface area contributed by atoms with Crippen LogP contribution < -0.4 is 10.6 Å². The van der Waals surface area contributed by atoms with Crippen molar-refractivity contribution in [2.24, 2.45) is 0 Å². The predicted octanol–water partition coefficient (Wildman–Crippen LogP) is 2.60. The Balaban J connectivity index is 1.53. The van der Waals surface area contributed by atoms with Crippen LogP contribution in [0.15, 0.2) is 72.8 Å². The molecule has 4 atom stereocenters. The Morgan fingerprint density at radius 1 is 1.00 bits per heavy atom. The summed E-state index contributed by atoms with van der Waals surface area (Å²) < 4.78 is 5.64. The number of aliphatic hydroxyl groups is 1. The van der Waals surface area contributed by atoms with Crippen LogP contribution in [0.3, 0.4) is 0 Å². The van der Waals surface area contributed by atoms with Gasteiger partial charge < -0.3 is 30.5 Å². The van der Waals surface area contributed by atoms with E-state index in [1.165, 1.54) is 11.0 Å². The van der Waals surface area contributed by atoms with Crippen LogP contribution in [0.2, 0.25) is 0 Å². The van der Waals surface area contributed by atoms with Gasteiger partial charge >= 0.3 is 0 Å². The number of aryl methyl sites for hydroxylation is 1. The Kier molecular flexibility index (Phi) is 9.19. The smallest absolute Gasteiger partial charge is 0.256 e. The SMILES string of the molecule is Cc1ccccc1CNC(=O)[C@@H]1[C@@H](C)OCN1C(=O)[C@@H](O)[C@H](Cc1ccccc1)NC(=O)c1cccc(O)c1C. The number of nitrogens with zero attached hydrogens (tertiary/aromatic N) is 1. The highest BCUT2D eigenvalue weighted by atomic mass is 16.5. The summed E-state index contributed by atoms with van der Waals surface area (Å²) in [7, 11) is 0. The van der Waals surface area contributed by atoms with Crippen LogP contribution in [0.1, 0.15) is 39.5 Å². The summed E-state index contributed by atoms with van der Waals surface area (Å²) >= 11 is 0. The first-order valence-corrected chi connectivity index (χ1v) is 13.2. The topological polar surface area (TPSA) is 128 Å². The summed E-state index contributed by atoms with van der Waals surface area (Å²) in [5, 5.41) is 27.0. The van der Waals surface area contributed by atoms with E-state index in [1.807, 2.05) is 61.5 Å². The highest BCUT2D eigenvalue weighted by Crippen LogP contribution is 2.22. The summed E-state index contributed by atoms with van der Waals surface area (Å²) in [6.07, 6.45) is -2.10. The molecule has 1 saturated heterocycles. The van der Waals surface area contributed by atoms with E-state index in [9.17, 15) is 24.6 Å². The van der Waals surface area contributed by atoms with E-state index < -0.39 is 42.0 Å². The number of hydrogen-bond donors (Lipinski definition) is 4. The molecule has 3 aromatic rings. The van der Waals surface area contributed by atoms with Crippen molar-refractivity contribution in [3.8, 4) is 5.75 Å². The fourth-order valence-corrected chi connectivity index (χ4v) is 4.84. The molecule has 9 heteroatoms. The summed E-state index contributed by atoms with van der Waals surface area (Å²) in [4.78, 5) is 41.2. The number of rotatable bonds is 9. The lowest BCUT2D eigenvalue weighted by molar-refractivity contribution is -0.147. The van der Waals surface area contributed by atoms with Gasteiger partial charge in [-0.1, -0.05) is 60.7 Å². The number of benzene rings is 3. The number of phenols is 1. The number of phenolic OH excluding ortho intramolecular Hbond substituents is 1. The number of carbonyl (C=O) groups excluding carboxylic acids is 3. The average molecular weight is 546 g/mol. The molecular weight excluding hydrogens is 510 g/mol. The van der Waals surface area contributed by atoms with Crippen LogP contribution in [0, 0.1) is 13.8 Å². The molecule has 40 heavy (non-hydrogen) atoms. The molecule has 1 heterocycles. The predicted molar refractivity (Wildman–Crippen MR) is 149 cm³/mol. The molecule has 0 aromatic heterocycles. The molecule has 0 spiro atoms. The van der Waals surface area contributed by atoms with Crippen LogP contribution in [-0.2, 0) is 27.3 Å². The molecule has 0 unspecified atom stereocenters. The van der Waals surface area contributed by atoms with Crippen molar-refractivity contribution >= 4 is 17.7 Å². The summed E-state index contributed by atoms with van der Waals surface area (Å²) in [6, 6.07) is 19.5. The Bertz CT molecular complexity index is 1360. The lowest BCUT2D eigenvalue weighted by Gasteiger charge is -2.30. The van der Waals surface area contributed by atoms with E-state index in [4.69, 9.17) is 4.74 Å². The van der Waals surface area contributed by atoms with Gasteiger partial charge in [0.25, 0.3) is 11.8 Å². The molecule has 3 aromatic carbocycles. The van der Waals surface area contributed by atoms with Gasteiger partial charge in [-0.3, -0.25) is 14.4 Å². The summed E-state index contributed by atoms with van der Waals surface area (Å²) in [5.74, 6) is -1.70. The fourth-order valence-electron chi connectivity index (χ4n) is 4.84. The van der Waals surface area contributed by atoms with Gasteiger partial charge in [-0.05, 0) is 56.0 Å². The van der Waals surface area contributed by atoms with Crippen molar-refractivity contribution < 1.29 is 29.3 Å². The number of aliphatic hydroxyl groups excluding tert-OH is 1. The number of nitrogens with one attached hydrogen (secondary N) is 2. The van der Waals surface area contributed by atoms with Crippen molar-refractivity contribution in [2.75, 3.05) is 6.73 Å². The molecule has 3 amide bonds. The summed E-state index contributed by atoms with van der Waals surface area (Å²) in [6.45, 7) is 5.38. The number of hydrogen-bond acceptors (Lipinski definition) is 6. The normalized spacial score (nSPS) is 18.1. The third kappa shape index (κ3) is 6.50. The van der Waals surface area contributed by atoms with Gasteiger partial charge in [0.05, 0.1) is 12.1 Å². The Labute approximate surface area is 233 Å². The van der Waals surface area contributed by atoms with E-state index in [1.54, 1.807) is 26.0 Å². The average Bonchev–Trinajstić information content (AvgIpc) is 3.34. The minimum absolute atomic E-state index is 0.0355. The zero-order valence-corrected chi connectivity index (χ0v) is 22.8. The number of ether oxygens (including phenoxy) is 1. The van der Waals surface area contributed by atoms with E-state index in [0.29, 0.717) is 5.56 Å². The van der Waals surface area contributed by atoms with Gasteiger partial charge in [0.2, 0.25) is 5.91 Å². The molecule has 4 rings (SSSR count). The zero-order chi connectivity index (χ0) is 28.8. The molecule has 210 valence electrons. The highest BCUT2D eigenvalue weighted by molar-refractivity contribution is 5.97. The third-order valence-electron chi connectivity index (χ3n) is 7.32. The highest BCUT2D eigenvalue weighted by Gasteiger charge is 2.44. The largest absolute Gasteiger partial charge is 0.508 e. The molecule has 1 aliphatic rings. The quantitative estimate of drug-likeness (QED) is 0.327. The second-order valence-corrected chi connectivity index (χ2v) is 10.1. The molecule has 1 fully saturated rings. The van der Waals surface area contributed by atoms with Crippen molar-refractivity contribution in [3.05, 3.63) is 101 Å². The van der Waals surface area contributed by atoms with Gasteiger partial charge in [0.1, 0.15) is 18.5 Å². The molecule has 0 aliphatic carbocycles. The van der Waals surface area contributed by atoms with Crippen molar-refractivity contribution in [2.45, 2.75) is 58.0 Å². The van der Waals surface area contributed by atoms with Gasteiger partial charge in [0.15, 0.2) is 6.10 Å². The van der Waals surface area contributed by atoms with Gasteiger partial charge in [-0.2, -0.15) is 0 Å². The molecule has 0 radical (unpaired) electrons. The maximum Gasteiger partial charge on any atom is 0.256 e. The molecule has 4 N–H and O–H groups in total. The van der Waals surface area contributed by atoms with E-state index in [0.717, 1.165) is 16.7 Å². The maximum atomic E-state index is 13.6. The van der Waals surface area contributed by atoms with Crippen molar-refractivity contribution in [1.82, 2.24) is 15.5 Å². The van der Waals surface area contributed by atoms with Gasteiger partial charge in [-0.15, -0.1) is 0 Å². The van der Waals surface area contributed by atoms with Crippen molar-refractivity contribution in [1.29, 1.82) is 0 Å². The van der Waals surface area contributed by atoms with Gasteiger partial charge in [0, 0.05) is 17.7 Å². The molecular formula is C31H35N3O6. The summed E-state index contributed by atoms with van der Waals surface area (Å²) in [5.41, 5.74) is 3.39. The van der Waals surface area contributed by atoms with Crippen LogP contribution in [0.4, 0.5) is 0 Å². The standard InChI is InChI=1S/C31H35N3O6/c1-19-10-7-8-13-23(19)17-32-30(38)27-21(3)40-18-34(27)31(39)28(36)25(16-22-11-5-4-6-12-22)33-29(37)24-14-9-15-26(35)20(24)2/h4-15,21,25,27-28,35-36H,16-18H2,1-3H3,(H,32,38)(H,33,37)/t21-,25+,27+,28+/m1/s1. The maximum absolute atomic E-state index is 13.6. The lowest BCUT2D eigenvalue weighted by Crippen LogP contribution is -2.57. The number of amides is 3. The first-order valence-electron chi connectivity index (χ1n) is 13.2. The minimum Gasteiger partial charge on any atom is -0.508 e. The third-order valence-corrected chi connectivity index (χ3v) is 7.32. The Morgan fingerprint density at radius 3 is 2.42 bits per heavy atom. The zero-order valence-electron chi connectivity index (χ0n) is 22.8. The molecule has 9 nitrogen and oxygen atoms in total. The van der Waals surface area contributed by atoms with Gasteiger partial charge in [-0.25, -0.2) is 0 Å². The Hall–Kier alpha value is -4.21. The van der Waals surface area contributed by atoms with E-state index in [-0.39, 0.29) is 31.0 Å². The Morgan fingerprint density at radius 2 is 1.70 bits per heavy atom. The molecule has 0 bridgehead atoms. The van der Waals surface area contributed by atoms with E-state index >= 15 is 0 Å². The lowest BCUT2D eigenvalue weighted by atomic mass is 9.98. The van der Waals surface area contributed by atoms with Crippen LogP contribution in [0.25, 0.3) is 0 Å². The molecule has 0 saturated carbocycles. The number of aromatic hydroxyl groups is 1. The second-order valence-electron chi connectivity index (χ2n) is 10.1. The first-order chi connectivity index (χ1) is 19.2. The van der Waals surface area contributed by atoms with Crippen LogP contribution in [0.5, 0.6) is 5.75 Å². The van der Waals surface area contributed by atoms with Crippen LogP contribution >= 0.6 is 0 Å². The first kappa shape index (κ1) is 28.8. The fraction of sp³-hybridized carbons (Fsp3) is 0.323. The van der Waals surface area contributed by atoms with E-state index in [2.05, 4.69) is 10.6 Å². The van der Waals surface area contributed by atoms with Crippen LogP contribution in [-0.4, -0.2) is 63.9 Å². The second kappa shape index (κ2) is 12.8. The number of carbonyl (C=O) groups is 3. The minimum atomic E-state index is -1.66. The molecule has 1 aliphatic heterocycles. The monoisotopic (exact) mass is 545 g/mol.